The van der Waals surface area contributed by atoms with Crippen molar-refractivity contribution in [2.75, 3.05) is 12.4 Å². The number of hydrogen-bond donors (Lipinski definition) is 3. The van der Waals surface area contributed by atoms with Crippen LogP contribution >= 0.6 is 23.3 Å². The van der Waals surface area contributed by atoms with E-state index in [1.807, 2.05) is 0 Å². The molecule has 2 rings (SSSR count). The zero-order valence-electron chi connectivity index (χ0n) is 11.3. The van der Waals surface area contributed by atoms with E-state index in [0.29, 0.717) is 20.8 Å². The molecule has 0 unspecified atom stereocenters. The number of carbonyl (C=O) groups is 2. The smallest absolute Gasteiger partial charge is 0.319 e. The van der Waals surface area contributed by atoms with E-state index in [2.05, 4.69) is 15.0 Å². The van der Waals surface area contributed by atoms with E-state index < -0.39 is 5.91 Å². The van der Waals surface area contributed by atoms with Gasteiger partial charge in [-0.15, -0.1) is 11.8 Å². The van der Waals surface area contributed by atoms with Crippen molar-refractivity contribution in [2.45, 2.75) is 42.4 Å². The Bertz CT molecular complexity index is 498. The highest BCUT2D eigenvalue weighted by Crippen LogP contribution is 2.38. The quantitative estimate of drug-likeness (QED) is 0.795. The summed E-state index contributed by atoms with van der Waals surface area (Å²) in [4.78, 5) is 23.0. The van der Waals surface area contributed by atoms with Crippen molar-refractivity contribution in [3.63, 3.8) is 0 Å². The third kappa shape index (κ3) is 3.63. The number of aromatic nitrogens is 1. The zero-order chi connectivity index (χ0) is 14.5. The Labute approximate surface area is 126 Å². The summed E-state index contributed by atoms with van der Waals surface area (Å²) in [6, 6.07) is -0.384. The van der Waals surface area contributed by atoms with Gasteiger partial charge in [-0.1, -0.05) is 19.3 Å². The largest absolute Gasteiger partial charge is 0.365 e. The van der Waals surface area contributed by atoms with Crippen molar-refractivity contribution < 1.29 is 9.59 Å². The minimum atomic E-state index is -0.552. The Morgan fingerprint density at radius 3 is 2.65 bits per heavy atom. The van der Waals surface area contributed by atoms with Gasteiger partial charge in [0.25, 0.3) is 5.91 Å². The van der Waals surface area contributed by atoms with Crippen LogP contribution in [0.15, 0.2) is 5.03 Å². The molecule has 0 saturated heterocycles. The molecule has 4 N–H and O–H groups in total. The Morgan fingerprint density at radius 1 is 1.35 bits per heavy atom. The highest BCUT2D eigenvalue weighted by molar-refractivity contribution is 8.00. The Hall–Kier alpha value is -1.28. The second-order valence-corrected chi connectivity index (χ2v) is 6.70. The number of anilines is 1. The van der Waals surface area contributed by atoms with Crippen LogP contribution in [0, 0.1) is 0 Å². The van der Waals surface area contributed by atoms with Gasteiger partial charge in [0.2, 0.25) is 0 Å². The van der Waals surface area contributed by atoms with Crippen LogP contribution < -0.4 is 16.4 Å². The van der Waals surface area contributed by atoms with Gasteiger partial charge in [0, 0.05) is 12.3 Å². The third-order valence-corrected chi connectivity index (χ3v) is 5.39. The molecule has 1 aromatic rings. The number of thioether (sulfide) groups is 1. The lowest BCUT2D eigenvalue weighted by Gasteiger charge is -2.20. The Balaban J connectivity index is 2.15. The van der Waals surface area contributed by atoms with Crippen LogP contribution in [0.25, 0.3) is 0 Å². The predicted molar refractivity (Wildman–Crippen MR) is 81.4 cm³/mol. The maximum atomic E-state index is 11.6. The number of amides is 3. The molecule has 0 aromatic carbocycles. The monoisotopic (exact) mass is 314 g/mol. The van der Waals surface area contributed by atoms with E-state index in [4.69, 9.17) is 5.73 Å². The van der Waals surface area contributed by atoms with Gasteiger partial charge < -0.3 is 11.1 Å². The molecule has 3 amide bonds. The Morgan fingerprint density at radius 2 is 2.05 bits per heavy atom. The van der Waals surface area contributed by atoms with Crippen molar-refractivity contribution in [1.29, 1.82) is 0 Å². The molecule has 1 aromatic heterocycles. The van der Waals surface area contributed by atoms with Crippen molar-refractivity contribution in [3.8, 4) is 0 Å². The van der Waals surface area contributed by atoms with Crippen LogP contribution in [0.3, 0.4) is 0 Å². The van der Waals surface area contributed by atoms with Crippen molar-refractivity contribution >= 4 is 40.2 Å². The summed E-state index contributed by atoms with van der Waals surface area (Å²) in [5.41, 5.74) is 5.75. The first kappa shape index (κ1) is 15.1. The lowest BCUT2D eigenvalue weighted by molar-refractivity contribution is 0.0998. The fraction of sp³-hybridized carbons (Fsp3) is 0.583. The molecule has 0 aliphatic heterocycles. The topological polar surface area (TPSA) is 97.1 Å². The summed E-state index contributed by atoms with van der Waals surface area (Å²) in [5.74, 6) is -0.552. The first-order chi connectivity index (χ1) is 9.61. The van der Waals surface area contributed by atoms with Gasteiger partial charge >= 0.3 is 6.03 Å². The molecule has 0 spiro atoms. The van der Waals surface area contributed by atoms with E-state index in [1.54, 1.807) is 11.8 Å². The lowest BCUT2D eigenvalue weighted by atomic mass is 10.0. The molecule has 0 bridgehead atoms. The van der Waals surface area contributed by atoms with Crippen LogP contribution in [0.1, 0.15) is 42.5 Å². The summed E-state index contributed by atoms with van der Waals surface area (Å²) in [7, 11) is 1.51. The van der Waals surface area contributed by atoms with Gasteiger partial charge in [-0.2, -0.15) is 4.37 Å². The van der Waals surface area contributed by atoms with Crippen LogP contribution in [0.5, 0.6) is 0 Å². The number of carbonyl (C=O) groups excluding carboxylic acids is 2. The number of hydrogen-bond acceptors (Lipinski definition) is 5. The highest BCUT2D eigenvalue weighted by atomic mass is 32.2. The van der Waals surface area contributed by atoms with Gasteiger partial charge in [-0.25, -0.2) is 4.79 Å². The van der Waals surface area contributed by atoms with Crippen LogP contribution in [-0.4, -0.2) is 28.6 Å². The lowest BCUT2D eigenvalue weighted by Crippen LogP contribution is -2.25. The second kappa shape index (κ2) is 6.94. The van der Waals surface area contributed by atoms with Crippen LogP contribution in [-0.2, 0) is 0 Å². The van der Waals surface area contributed by atoms with Gasteiger partial charge in [-0.3, -0.25) is 10.1 Å². The average Bonchev–Trinajstić information content (AvgIpc) is 2.82. The average molecular weight is 314 g/mol. The number of primary amides is 1. The normalized spacial score (nSPS) is 15.8. The molecule has 1 aliphatic carbocycles. The molecule has 8 heteroatoms. The van der Waals surface area contributed by atoms with E-state index >= 15 is 0 Å². The van der Waals surface area contributed by atoms with E-state index in [-0.39, 0.29) is 6.03 Å². The van der Waals surface area contributed by atoms with E-state index in [1.165, 1.54) is 26.3 Å². The maximum Gasteiger partial charge on any atom is 0.319 e. The first-order valence-electron chi connectivity index (χ1n) is 6.56. The number of nitrogens with zero attached hydrogens (tertiary/aromatic N) is 1. The molecule has 1 fully saturated rings. The highest BCUT2D eigenvalue weighted by Gasteiger charge is 2.24. The SMILES string of the molecule is CNC(=O)Nc1snc(SC2CCCCC2)c1C(N)=O. The zero-order valence-corrected chi connectivity index (χ0v) is 12.9. The van der Waals surface area contributed by atoms with Gasteiger partial charge in [-0.05, 0) is 24.4 Å². The molecule has 0 radical (unpaired) electrons. The van der Waals surface area contributed by atoms with Gasteiger partial charge in [0.15, 0.2) is 0 Å². The summed E-state index contributed by atoms with van der Waals surface area (Å²) in [6.45, 7) is 0. The number of urea groups is 1. The van der Waals surface area contributed by atoms with Crippen LogP contribution in [0.4, 0.5) is 9.80 Å². The predicted octanol–water partition coefficient (Wildman–Crippen LogP) is 2.42. The molecule has 0 atom stereocenters. The minimum Gasteiger partial charge on any atom is -0.365 e. The molecule has 20 heavy (non-hydrogen) atoms. The summed E-state index contributed by atoms with van der Waals surface area (Å²) in [6.07, 6.45) is 5.99. The summed E-state index contributed by atoms with van der Waals surface area (Å²) in [5, 5.41) is 6.57. The standard InChI is InChI=1S/C12H18N4O2S2/c1-14-12(18)15-10-8(9(13)17)11(16-20-10)19-7-5-3-2-4-6-7/h7H,2-6H2,1H3,(H2,13,17)(H2,14,15,18). The molecule has 1 saturated carbocycles. The second-order valence-electron chi connectivity index (χ2n) is 4.64. The fourth-order valence-corrected chi connectivity index (χ4v) is 4.41. The number of nitrogens with two attached hydrogens (primary N) is 1. The number of nitrogens with one attached hydrogen (secondary N) is 2. The van der Waals surface area contributed by atoms with Crippen LogP contribution in [0.2, 0.25) is 0 Å². The Kier molecular flexibility index (Phi) is 5.24. The minimum absolute atomic E-state index is 0.328. The van der Waals surface area contributed by atoms with E-state index in [0.717, 1.165) is 24.4 Å². The van der Waals surface area contributed by atoms with Gasteiger partial charge in [0.05, 0.1) is 0 Å². The van der Waals surface area contributed by atoms with Crippen molar-refractivity contribution in [3.05, 3.63) is 5.56 Å². The third-order valence-electron chi connectivity index (χ3n) is 3.19. The van der Waals surface area contributed by atoms with Crippen molar-refractivity contribution in [2.24, 2.45) is 5.73 Å². The maximum absolute atomic E-state index is 11.6. The molecular weight excluding hydrogens is 296 g/mol. The molecule has 110 valence electrons. The van der Waals surface area contributed by atoms with E-state index in [9.17, 15) is 9.59 Å². The summed E-state index contributed by atoms with van der Waals surface area (Å²) < 4.78 is 4.28. The summed E-state index contributed by atoms with van der Waals surface area (Å²) >= 11 is 2.69. The fourth-order valence-electron chi connectivity index (χ4n) is 2.17. The molecule has 6 nitrogen and oxygen atoms in total. The molecule has 1 aliphatic rings. The first-order valence-corrected chi connectivity index (χ1v) is 8.22. The molecule has 1 heterocycles. The number of rotatable bonds is 4. The van der Waals surface area contributed by atoms with Gasteiger partial charge in [0.1, 0.15) is 15.6 Å². The van der Waals surface area contributed by atoms with Crippen molar-refractivity contribution in [1.82, 2.24) is 9.69 Å². The molecular formula is C12H18N4O2S2.